The molecule has 0 atom stereocenters. The number of hydrogen-bond donors (Lipinski definition) is 1. The number of non-ortho nitro benzene ring substituents is 1. The van der Waals surface area contributed by atoms with Crippen LogP contribution < -0.4 is 5.32 Å². The lowest BCUT2D eigenvalue weighted by Gasteiger charge is -2.06. The normalized spacial score (nSPS) is 10.9. The lowest BCUT2D eigenvalue weighted by Crippen LogP contribution is -2.10. The number of aromatic nitrogens is 2. The highest BCUT2D eigenvalue weighted by molar-refractivity contribution is 7.17. The van der Waals surface area contributed by atoms with Crippen molar-refractivity contribution in [2.75, 3.05) is 5.32 Å². The van der Waals surface area contributed by atoms with Crippen LogP contribution in [-0.4, -0.2) is 20.4 Å². The number of nitro groups is 1. The molecule has 29 heavy (non-hydrogen) atoms. The van der Waals surface area contributed by atoms with Crippen LogP contribution in [-0.2, 0) is 6.54 Å². The lowest BCUT2D eigenvalue weighted by molar-refractivity contribution is -0.384. The molecule has 0 aliphatic carbocycles. The molecule has 0 spiro atoms. The van der Waals surface area contributed by atoms with Crippen molar-refractivity contribution < 1.29 is 9.72 Å². The third-order valence-electron chi connectivity index (χ3n) is 4.47. The van der Waals surface area contributed by atoms with Crippen molar-refractivity contribution in [2.24, 2.45) is 0 Å². The molecule has 2 heterocycles. The minimum Gasteiger partial charge on any atom is -0.323 e. The number of aryl methyl sites for hydroxylation is 1. The summed E-state index contributed by atoms with van der Waals surface area (Å²) in [6.45, 7) is 2.95. The van der Waals surface area contributed by atoms with Crippen molar-refractivity contribution in [2.45, 2.75) is 19.9 Å². The fourth-order valence-electron chi connectivity index (χ4n) is 3.18. The molecule has 0 bridgehead atoms. The van der Waals surface area contributed by atoms with Crippen LogP contribution in [0.15, 0.2) is 60.7 Å². The molecular formula is C21H18N4O3S. The van der Waals surface area contributed by atoms with Gasteiger partial charge in [0.05, 0.1) is 25.7 Å². The zero-order chi connectivity index (χ0) is 20.4. The monoisotopic (exact) mass is 406 g/mol. The van der Waals surface area contributed by atoms with E-state index < -0.39 is 4.92 Å². The molecular weight excluding hydrogens is 388 g/mol. The maximum atomic E-state index is 12.6. The van der Waals surface area contributed by atoms with E-state index >= 15 is 0 Å². The Hall–Kier alpha value is -3.52. The first kappa shape index (κ1) is 18.8. The number of carbonyl (C=O) groups excluding carboxylic acids is 1. The predicted molar refractivity (Wildman–Crippen MR) is 114 cm³/mol. The molecule has 146 valence electrons. The number of benzene rings is 2. The topological polar surface area (TPSA) is 90.1 Å². The van der Waals surface area contributed by atoms with E-state index in [4.69, 9.17) is 4.98 Å². The summed E-state index contributed by atoms with van der Waals surface area (Å²) < 4.78 is 2.17. The van der Waals surface area contributed by atoms with Crippen molar-refractivity contribution >= 4 is 39.7 Å². The highest BCUT2D eigenvalue weighted by Crippen LogP contribution is 2.31. The summed E-state index contributed by atoms with van der Waals surface area (Å²) in [5.74, 6) is 0.535. The van der Waals surface area contributed by atoms with Crippen LogP contribution in [0.1, 0.15) is 23.0 Å². The minimum absolute atomic E-state index is 0.0667. The fourth-order valence-corrected chi connectivity index (χ4v) is 4.08. The molecule has 0 unspecified atom stereocenters. The number of fused-ring (bicyclic) bond motifs is 1. The molecule has 8 heteroatoms. The van der Waals surface area contributed by atoms with Gasteiger partial charge < -0.3 is 9.88 Å². The van der Waals surface area contributed by atoms with E-state index in [9.17, 15) is 14.9 Å². The summed E-state index contributed by atoms with van der Waals surface area (Å²) in [5, 5.41) is 13.6. The molecule has 2 aromatic heterocycles. The number of thiophene rings is 1. The SMILES string of the molecule is CCCn1c(-c2ccc(C(=O)Nc3cccc([N+](=O)[O-])c3)s2)nc2ccccc21. The summed E-state index contributed by atoms with van der Waals surface area (Å²) in [7, 11) is 0. The van der Waals surface area contributed by atoms with Gasteiger partial charge in [0.25, 0.3) is 11.6 Å². The van der Waals surface area contributed by atoms with Gasteiger partial charge in [0.2, 0.25) is 0 Å². The van der Waals surface area contributed by atoms with Gasteiger partial charge in [0.15, 0.2) is 5.82 Å². The number of nitro benzene ring substituents is 1. The quantitative estimate of drug-likeness (QED) is 0.346. The van der Waals surface area contributed by atoms with Gasteiger partial charge in [-0.25, -0.2) is 4.98 Å². The standard InChI is InChI=1S/C21H18N4O3S/c1-2-12-24-17-9-4-3-8-16(17)23-20(24)18-10-11-19(29-18)21(26)22-14-6-5-7-15(13-14)25(27)28/h3-11,13H,2,12H2,1H3,(H,22,26). The number of carbonyl (C=O) groups is 1. The predicted octanol–water partition coefficient (Wildman–Crippen LogP) is 5.34. The first-order valence-corrected chi connectivity index (χ1v) is 9.99. The van der Waals surface area contributed by atoms with Crippen molar-refractivity contribution in [1.82, 2.24) is 9.55 Å². The zero-order valence-electron chi connectivity index (χ0n) is 15.7. The van der Waals surface area contributed by atoms with Crippen LogP contribution in [0, 0.1) is 10.1 Å². The molecule has 4 rings (SSSR count). The molecule has 2 aromatic carbocycles. The Balaban J connectivity index is 1.62. The summed E-state index contributed by atoms with van der Waals surface area (Å²) >= 11 is 1.35. The Bertz CT molecular complexity index is 1210. The highest BCUT2D eigenvalue weighted by atomic mass is 32.1. The van der Waals surface area contributed by atoms with Crippen LogP contribution in [0.3, 0.4) is 0 Å². The number of amides is 1. The van der Waals surface area contributed by atoms with Gasteiger partial charge in [-0.1, -0.05) is 25.1 Å². The number of anilines is 1. The molecule has 0 saturated carbocycles. The second-order valence-electron chi connectivity index (χ2n) is 6.50. The van der Waals surface area contributed by atoms with Crippen LogP contribution in [0.2, 0.25) is 0 Å². The van der Waals surface area contributed by atoms with Crippen LogP contribution in [0.4, 0.5) is 11.4 Å². The molecule has 7 nitrogen and oxygen atoms in total. The van der Waals surface area contributed by atoms with E-state index in [1.165, 1.54) is 23.5 Å². The Morgan fingerprint density at radius 1 is 1.17 bits per heavy atom. The van der Waals surface area contributed by atoms with E-state index in [0.717, 1.165) is 34.7 Å². The molecule has 0 radical (unpaired) electrons. The van der Waals surface area contributed by atoms with Gasteiger partial charge in [-0.05, 0) is 36.8 Å². The van der Waals surface area contributed by atoms with Crippen molar-refractivity contribution in [1.29, 1.82) is 0 Å². The summed E-state index contributed by atoms with van der Waals surface area (Å²) in [5.41, 5.74) is 2.31. The summed E-state index contributed by atoms with van der Waals surface area (Å²) in [4.78, 5) is 29.2. The molecule has 0 aliphatic rings. The van der Waals surface area contributed by atoms with E-state index in [0.29, 0.717) is 10.6 Å². The molecule has 1 amide bonds. The van der Waals surface area contributed by atoms with Crippen molar-refractivity contribution in [3.8, 4) is 10.7 Å². The summed E-state index contributed by atoms with van der Waals surface area (Å²) in [6, 6.07) is 17.5. The Labute approximate surface area is 170 Å². The van der Waals surface area contributed by atoms with Crippen LogP contribution in [0.5, 0.6) is 0 Å². The molecule has 0 aliphatic heterocycles. The Morgan fingerprint density at radius 2 is 2.00 bits per heavy atom. The second-order valence-corrected chi connectivity index (χ2v) is 7.58. The van der Waals surface area contributed by atoms with Gasteiger partial charge in [0, 0.05) is 24.4 Å². The smallest absolute Gasteiger partial charge is 0.271 e. The zero-order valence-corrected chi connectivity index (χ0v) is 16.5. The van der Waals surface area contributed by atoms with Crippen molar-refractivity contribution in [3.05, 3.63) is 75.7 Å². The average molecular weight is 406 g/mol. The van der Waals surface area contributed by atoms with E-state index in [1.807, 2.05) is 30.3 Å². The maximum Gasteiger partial charge on any atom is 0.271 e. The first-order chi connectivity index (χ1) is 14.1. The van der Waals surface area contributed by atoms with Crippen LogP contribution in [0.25, 0.3) is 21.7 Å². The number of hydrogen-bond acceptors (Lipinski definition) is 5. The van der Waals surface area contributed by atoms with Gasteiger partial charge >= 0.3 is 0 Å². The number of nitrogens with zero attached hydrogens (tertiary/aromatic N) is 3. The van der Waals surface area contributed by atoms with E-state index in [1.54, 1.807) is 18.2 Å². The summed E-state index contributed by atoms with van der Waals surface area (Å²) in [6.07, 6.45) is 0.971. The number of para-hydroxylation sites is 2. The Morgan fingerprint density at radius 3 is 2.79 bits per heavy atom. The van der Waals surface area contributed by atoms with Gasteiger partial charge in [-0.3, -0.25) is 14.9 Å². The molecule has 4 aromatic rings. The Kier molecular flexibility index (Phi) is 5.09. The number of imidazole rings is 1. The van der Waals surface area contributed by atoms with Crippen molar-refractivity contribution in [3.63, 3.8) is 0 Å². The third kappa shape index (κ3) is 3.74. The third-order valence-corrected chi connectivity index (χ3v) is 5.55. The molecule has 0 fully saturated rings. The van der Waals surface area contributed by atoms with Crippen LogP contribution >= 0.6 is 11.3 Å². The number of nitrogens with one attached hydrogen (secondary N) is 1. The highest BCUT2D eigenvalue weighted by Gasteiger charge is 2.17. The van der Waals surface area contributed by atoms with Gasteiger partial charge in [0.1, 0.15) is 0 Å². The molecule has 1 N–H and O–H groups in total. The number of rotatable bonds is 6. The first-order valence-electron chi connectivity index (χ1n) is 9.18. The molecule has 0 saturated heterocycles. The van der Waals surface area contributed by atoms with E-state index in [2.05, 4.69) is 16.8 Å². The minimum atomic E-state index is -0.489. The fraction of sp³-hybridized carbons (Fsp3) is 0.143. The van der Waals surface area contributed by atoms with Gasteiger partial charge in [-0.15, -0.1) is 11.3 Å². The average Bonchev–Trinajstić information content (AvgIpc) is 3.34. The lowest BCUT2D eigenvalue weighted by atomic mass is 10.2. The van der Waals surface area contributed by atoms with Gasteiger partial charge in [-0.2, -0.15) is 0 Å². The van der Waals surface area contributed by atoms with E-state index in [-0.39, 0.29) is 11.6 Å². The second kappa shape index (κ2) is 7.84. The largest absolute Gasteiger partial charge is 0.323 e. The maximum absolute atomic E-state index is 12.6.